The molecular formula is C30H24Cl2FN5O3. The Morgan fingerprint density at radius 1 is 1.17 bits per heavy atom. The van der Waals surface area contributed by atoms with Gasteiger partial charge < -0.3 is 15.8 Å². The second-order valence-corrected chi connectivity index (χ2v) is 12.2. The van der Waals surface area contributed by atoms with Gasteiger partial charge in [-0.1, -0.05) is 41.4 Å². The molecule has 41 heavy (non-hydrogen) atoms. The van der Waals surface area contributed by atoms with Gasteiger partial charge in [-0.2, -0.15) is 5.10 Å². The molecule has 2 amide bonds. The number of rotatable bonds is 4. The molecule has 1 aliphatic carbocycles. The summed E-state index contributed by atoms with van der Waals surface area (Å²) >= 11 is 12.7. The molecular weight excluding hydrogens is 568 g/mol. The van der Waals surface area contributed by atoms with Crippen molar-refractivity contribution in [3.63, 3.8) is 0 Å². The van der Waals surface area contributed by atoms with Crippen molar-refractivity contribution in [1.82, 2.24) is 14.7 Å². The third-order valence-corrected chi connectivity index (χ3v) is 9.63. The Kier molecular flexibility index (Phi) is 5.31. The van der Waals surface area contributed by atoms with E-state index in [1.165, 1.54) is 6.07 Å². The van der Waals surface area contributed by atoms with E-state index in [0.29, 0.717) is 51.1 Å². The number of benzene rings is 3. The van der Waals surface area contributed by atoms with E-state index in [1.807, 2.05) is 6.07 Å². The van der Waals surface area contributed by atoms with E-state index < -0.39 is 29.2 Å². The lowest BCUT2D eigenvalue weighted by molar-refractivity contribution is -0.128. The summed E-state index contributed by atoms with van der Waals surface area (Å²) in [5.74, 6) is -1.23. The quantitative estimate of drug-likeness (QED) is 0.338. The number of hydrogen-bond acceptors (Lipinski definition) is 5. The fraction of sp³-hybridized carbons (Fsp3) is 0.300. The molecule has 4 aromatic rings. The predicted molar refractivity (Wildman–Crippen MR) is 152 cm³/mol. The number of aromatic nitrogens is 2. The van der Waals surface area contributed by atoms with E-state index in [1.54, 1.807) is 47.1 Å². The molecule has 1 saturated carbocycles. The van der Waals surface area contributed by atoms with Gasteiger partial charge in [-0.15, -0.1) is 0 Å². The molecule has 0 unspecified atom stereocenters. The largest absolute Gasteiger partial charge is 0.476 e. The van der Waals surface area contributed by atoms with Crippen LogP contribution in [-0.4, -0.2) is 45.7 Å². The molecule has 208 valence electrons. The molecule has 3 aromatic carbocycles. The Morgan fingerprint density at radius 3 is 2.78 bits per heavy atom. The number of nitrogens with two attached hydrogens (primary N) is 1. The van der Waals surface area contributed by atoms with Crippen LogP contribution in [0.4, 0.5) is 10.1 Å². The minimum absolute atomic E-state index is 0.0198. The van der Waals surface area contributed by atoms with Crippen molar-refractivity contribution in [3.8, 4) is 5.88 Å². The molecule has 3 aliphatic heterocycles. The van der Waals surface area contributed by atoms with Crippen molar-refractivity contribution >= 4 is 51.6 Å². The summed E-state index contributed by atoms with van der Waals surface area (Å²) in [4.78, 5) is 28.6. The maximum absolute atomic E-state index is 16.1. The number of hydrogen-bond donors (Lipinski definition) is 2. The number of nitrogens with zero attached hydrogens (tertiary/aromatic N) is 3. The minimum atomic E-state index is -1.27. The first kappa shape index (κ1) is 25.1. The standard InChI is InChI=1S/C30H24Cl2FN5O3/c31-16-7-8-19-22(11-16)35-29(40)30(19)24(17-2-1-3-20(32)25(17)33)26-23(37(30)12-14-4-5-14)13-41-28-18-10-15(27(34)39)6-9-21(18)36-38(26)28/h1-3,6-11,14,23-24,26H,4-5,12-13H2,(H2,34,39)(H,35,40)/t23-,24-,26+,30+/m0/s1. The number of halogens is 3. The number of amides is 2. The highest BCUT2D eigenvalue weighted by Crippen LogP contribution is 2.63. The SMILES string of the molecule is NC(=O)c1ccc2nn3c(c2c1)OC[C@H]1[C@@H]3[C@H](c2cccc(Cl)c2F)[C@]2(C(=O)Nc3cc(Cl)ccc32)N1CC1CC1. The Morgan fingerprint density at radius 2 is 2.00 bits per heavy atom. The van der Waals surface area contributed by atoms with Crippen LogP contribution in [0, 0.1) is 11.7 Å². The van der Waals surface area contributed by atoms with Crippen molar-refractivity contribution in [3.05, 3.63) is 87.2 Å². The Balaban J connectivity index is 1.43. The van der Waals surface area contributed by atoms with Gasteiger partial charge in [0.05, 0.1) is 28.0 Å². The molecule has 4 atom stereocenters. The molecule has 4 heterocycles. The van der Waals surface area contributed by atoms with Crippen LogP contribution < -0.4 is 15.8 Å². The zero-order chi connectivity index (χ0) is 28.2. The van der Waals surface area contributed by atoms with Gasteiger partial charge in [-0.25, -0.2) is 9.07 Å². The average Bonchev–Trinajstić information content (AvgIpc) is 3.54. The zero-order valence-corrected chi connectivity index (χ0v) is 23.1. The normalized spacial score (nSPS) is 26.5. The number of fused-ring (bicyclic) bond motifs is 7. The van der Waals surface area contributed by atoms with Crippen LogP contribution in [0.15, 0.2) is 54.6 Å². The van der Waals surface area contributed by atoms with Gasteiger partial charge in [0.2, 0.25) is 17.7 Å². The lowest BCUT2D eigenvalue weighted by Gasteiger charge is -2.39. The summed E-state index contributed by atoms with van der Waals surface area (Å²) in [7, 11) is 0. The molecule has 1 aromatic heterocycles. The Bertz CT molecular complexity index is 1810. The monoisotopic (exact) mass is 591 g/mol. The summed E-state index contributed by atoms with van der Waals surface area (Å²) in [5, 5.41) is 9.07. The summed E-state index contributed by atoms with van der Waals surface area (Å²) < 4.78 is 24.3. The van der Waals surface area contributed by atoms with Crippen LogP contribution in [0.2, 0.25) is 10.0 Å². The van der Waals surface area contributed by atoms with Crippen molar-refractivity contribution in [2.45, 2.75) is 36.4 Å². The van der Waals surface area contributed by atoms with Crippen molar-refractivity contribution in [1.29, 1.82) is 0 Å². The van der Waals surface area contributed by atoms with Gasteiger partial charge in [-0.3, -0.25) is 14.5 Å². The van der Waals surface area contributed by atoms with Gasteiger partial charge in [0, 0.05) is 34.3 Å². The van der Waals surface area contributed by atoms with E-state index in [-0.39, 0.29) is 23.6 Å². The molecule has 2 fully saturated rings. The zero-order valence-electron chi connectivity index (χ0n) is 21.6. The first-order valence-electron chi connectivity index (χ1n) is 13.6. The third kappa shape index (κ3) is 3.40. The first-order valence-corrected chi connectivity index (χ1v) is 14.3. The number of ether oxygens (including phenoxy) is 1. The van der Waals surface area contributed by atoms with E-state index in [2.05, 4.69) is 10.2 Å². The molecule has 8 rings (SSSR count). The predicted octanol–water partition coefficient (Wildman–Crippen LogP) is 5.24. The second-order valence-electron chi connectivity index (χ2n) is 11.3. The fourth-order valence-electron chi connectivity index (χ4n) is 7.24. The summed E-state index contributed by atoms with van der Waals surface area (Å²) in [6.07, 6.45) is 2.12. The van der Waals surface area contributed by atoms with Gasteiger partial charge in [0.25, 0.3) is 0 Å². The molecule has 1 spiro atoms. The van der Waals surface area contributed by atoms with E-state index >= 15 is 4.39 Å². The second kappa shape index (κ2) is 8.67. The van der Waals surface area contributed by atoms with Crippen molar-refractivity contribution < 1.29 is 18.7 Å². The lowest BCUT2D eigenvalue weighted by atomic mass is 9.73. The molecule has 8 nitrogen and oxygen atoms in total. The number of nitrogens with one attached hydrogen (secondary N) is 1. The molecule has 0 radical (unpaired) electrons. The highest BCUT2D eigenvalue weighted by atomic mass is 35.5. The Hall–Kier alpha value is -3.66. The Labute approximate surface area is 244 Å². The van der Waals surface area contributed by atoms with Crippen LogP contribution >= 0.6 is 23.2 Å². The molecule has 0 bridgehead atoms. The molecule has 3 N–H and O–H groups in total. The lowest BCUT2D eigenvalue weighted by Crippen LogP contribution is -2.54. The smallest absolute Gasteiger partial charge is 0.250 e. The fourth-order valence-corrected chi connectivity index (χ4v) is 7.60. The number of anilines is 1. The summed E-state index contributed by atoms with van der Waals surface area (Å²) in [6.45, 7) is 0.885. The van der Waals surface area contributed by atoms with Crippen LogP contribution in [0.25, 0.3) is 10.9 Å². The third-order valence-electron chi connectivity index (χ3n) is 9.10. The van der Waals surface area contributed by atoms with Crippen LogP contribution in [0.5, 0.6) is 5.88 Å². The number of likely N-dealkylation sites (tertiary alicyclic amines) is 1. The molecule has 1 saturated heterocycles. The topological polar surface area (TPSA) is 102 Å². The van der Waals surface area contributed by atoms with Crippen molar-refractivity contribution in [2.24, 2.45) is 11.7 Å². The molecule has 11 heteroatoms. The van der Waals surface area contributed by atoms with Crippen LogP contribution in [0.3, 0.4) is 0 Å². The highest BCUT2D eigenvalue weighted by molar-refractivity contribution is 6.31. The van der Waals surface area contributed by atoms with E-state index in [0.717, 1.165) is 18.4 Å². The maximum atomic E-state index is 16.1. The first-order chi connectivity index (χ1) is 19.8. The minimum Gasteiger partial charge on any atom is -0.476 e. The van der Waals surface area contributed by atoms with Crippen molar-refractivity contribution in [2.75, 3.05) is 18.5 Å². The van der Waals surface area contributed by atoms with E-state index in [9.17, 15) is 9.59 Å². The van der Waals surface area contributed by atoms with Crippen LogP contribution in [-0.2, 0) is 10.3 Å². The van der Waals surface area contributed by atoms with E-state index in [4.69, 9.17) is 38.8 Å². The summed E-state index contributed by atoms with van der Waals surface area (Å²) in [6, 6.07) is 14.5. The van der Waals surface area contributed by atoms with Gasteiger partial charge >= 0.3 is 0 Å². The highest BCUT2D eigenvalue weighted by Gasteiger charge is 2.69. The van der Waals surface area contributed by atoms with Gasteiger partial charge in [0.1, 0.15) is 18.0 Å². The van der Waals surface area contributed by atoms with Crippen LogP contribution in [0.1, 0.15) is 46.3 Å². The number of carbonyl (C=O) groups is 2. The van der Waals surface area contributed by atoms with Gasteiger partial charge in [-0.05, 0) is 60.7 Å². The number of primary amides is 1. The molecule has 4 aliphatic rings. The number of carbonyl (C=O) groups excluding carboxylic acids is 2. The average molecular weight is 592 g/mol. The maximum Gasteiger partial charge on any atom is 0.250 e. The van der Waals surface area contributed by atoms with Gasteiger partial charge in [0.15, 0.2) is 0 Å². The summed E-state index contributed by atoms with van der Waals surface area (Å²) in [5.41, 5.74) is 6.89.